The van der Waals surface area contributed by atoms with E-state index in [4.69, 9.17) is 32.9 Å². The lowest BCUT2D eigenvalue weighted by Crippen LogP contribution is -2.43. The van der Waals surface area contributed by atoms with Crippen LogP contribution in [-0.2, 0) is 4.79 Å². The third-order valence-corrected chi connectivity index (χ3v) is 8.32. The van der Waals surface area contributed by atoms with Gasteiger partial charge in [0.05, 0.1) is 40.2 Å². The van der Waals surface area contributed by atoms with E-state index < -0.39 is 0 Å². The van der Waals surface area contributed by atoms with Crippen molar-refractivity contribution in [2.45, 2.75) is 19.4 Å². The molecule has 2 aliphatic rings. The van der Waals surface area contributed by atoms with Gasteiger partial charge in [0.25, 0.3) is 11.8 Å². The highest BCUT2D eigenvalue weighted by Gasteiger charge is 2.37. The summed E-state index contributed by atoms with van der Waals surface area (Å²) < 4.78 is 5.43. The Labute approximate surface area is 241 Å². The Balaban J connectivity index is 1.49. The number of halogens is 2. The number of para-hydroxylation sites is 2. The van der Waals surface area contributed by atoms with Crippen LogP contribution >= 0.6 is 35.0 Å². The summed E-state index contributed by atoms with van der Waals surface area (Å²) in [7, 11) is 1.57. The molecular formula is C29H26Cl2N4O3S. The fourth-order valence-electron chi connectivity index (χ4n) is 4.67. The number of allylic oxidation sites excluding steroid dienone is 1. The van der Waals surface area contributed by atoms with Gasteiger partial charge in [0.15, 0.2) is 5.17 Å². The highest BCUT2D eigenvalue weighted by Crippen LogP contribution is 2.41. The van der Waals surface area contributed by atoms with E-state index in [1.165, 1.54) is 6.07 Å². The molecule has 200 valence electrons. The molecule has 7 nitrogen and oxygen atoms in total. The normalized spacial score (nSPS) is 16.8. The molecule has 0 spiro atoms. The second-order valence-electron chi connectivity index (χ2n) is 9.05. The van der Waals surface area contributed by atoms with Crippen molar-refractivity contribution in [1.82, 2.24) is 4.90 Å². The molecule has 3 aromatic carbocycles. The number of nitrogens with one attached hydrogen (secondary N) is 2. The van der Waals surface area contributed by atoms with E-state index in [0.717, 1.165) is 29.4 Å². The molecule has 1 atom stereocenters. The number of rotatable bonds is 6. The van der Waals surface area contributed by atoms with Gasteiger partial charge in [-0.05, 0) is 61.4 Å². The highest BCUT2D eigenvalue weighted by molar-refractivity contribution is 8.13. The van der Waals surface area contributed by atoms with Gasteiger partial charge in [-0.15, -0.1) is 0 Å². The molecule has 5 rings (SSSR count). The largest absolute Gasteiger partial charge is 0.495 e. The number of aliphatic imine (C=N–C) groups is 1. The number of ether oxygens (including phenoxy) is 1. The Morgan fingerprint density at radius 3 is 2.62 bits per heavy atom. The number of thioether (sulfide) groups is 1. The molecule has 1 saturated heterocycles. The molecule has 2 N–H and O–H groups in total. The molecule has 0 aromatic heterocycles. The first kappa shape index (κ1) is 27.1. The zero-order valence-electron chi connectivity index (χ0n) is 21.3. The molecule has 0 aliphatic carbocycles. The molecule has 1 unspecified atom stereocenters. The Kier molecular flexibility index (Phi) is 8.16. The van der Waals surface area contributed by atoms with Crippen molar-refractivity contribution in [2.75, 3.05) is 30.0 Å². The van der Waals surface area contributed by atoms with Crippen LogP contribution in [-0.4, -0.2) is 41.3 Å². The summed E-state index contributed by atoms with van der Waals surface area (Å²) in [6.07, 6.45) is 0.967. The van der Waals surface area contributed by atoms with Crippen molar-refractivity contribution in [1.29, 1.82) is 0 Å². The van der Waals surface area contributed by atoms with Crippen LogP contribution in [0.4, 0.5) is 11.4 Å². The predicted octanol–water partition coefficient (Wildman–Crippen LogP) is 7.02. The van der Waals surface area contributed by atoms with Crippen LogP contribution in [0.5, 0.6) is 5.75 Å². The predicted molar refractivity (Wildman–Crippen MR) is 159 cm³/mol. The number of carbonyl (C=O) groups is 2. The minimum absolute atomic E-state index is 0.259. The smallest absolute Gasteiger partial charge is 0.255 e. The second-order valence-corrected chi connectivity index (χ2v) is 10.9. The maximum absolute atomic E-state index is 13.8. The van der Waals surface area contributed by atoms with Crippen LogP contribution in [0.1, 0.15) is 35.3 Å². The molecule has 10 heteroatoms. The summed E-state index contributed by atoms with van der Waals surface area (Å²) in [5.41, 5.74) is 3.62. The van der Waals surface area contributed by atoms with Gasteiger partial charge in [-0.3, -0.25) is 9.59 Å². The maximum atomic E-state index is 13.8. The van der Waals surface area contributed by atoms with E-state index in [1.54, 1.807) is 43.1 Å². The van der Waals surface area contributed by atoms with Crippen LogP contribution in [0.15, 0.2) is 83.0 Å². The fraction of sp³-hybridized carbons (Fsp3) is 0.207. The quantitative estimate of drug-likeness (QED) is 0.327. The summed E-state index contributed by atoms with van der Waals surface area (Å²) >= 11 is 13.8. The summed E-state index contributed by atoms with van der Waals surface area (Å²) in [6.45, 7) is 2.62. The van der Waals surface area contributed by atoms with Gasteiger partial charge < -0.3 is 20.3 Å². The molecule has 2 heterocycles. The fourth-order valence-corrected chi connectivity index (χ4v) is 5.99. The van der Waals surface area contributed by atoms with Crippen molar-refractivity contribution in [3.05, 3.63) is 99.2 Å². The number of amides is 2. The lowest BCUT2D eigenvalue weighted by molar-refractivity contribution is -0.113. The van der Waals surface area contributed by atoms with Crippen LogP contribution in [0.25, 0.3) is 0 Å². The lowest BCUT2D eigenvalue weighted by atomic mass is 9.93. The first-order valence-corrected chi connectivity index (χ1v) is 14.1. The molecule has 1 fully saturated rings. The summed E-state index contributed by atoms with van der Waals surface area (Å²) in [4.78, 5) is 33.7. The van der Waals surface area contributed by atoms with E-state index in [9.17, 15) is 9.59 Å². The molecule has 0 bridgehead atoms. The van der Waals surface area contributed by atoms with E-state index >= 15 is 0 Å². The van der Waals surface area contributed by atoms with Gasteiger partial charge in [-0.25, -0.2) is 4.99 Å². The zero-order valence-corrected chi connectivity index (χ0v) is 23.7. The molecule has 0 radical (unpaired) electrons. The summed E-state index contributed by atoms with van der Waals surface area (Å²) in [6, 6.07) is 19.2. The van der Waals surface area contributed by atoms with Gasteiger partial charge in [0.1, 0.15) is 5.75 Å². The van der Waals surface area contributed by atoms with E-state index in [0.29, 0.717) is 44.0 Å². The van der Waals surface area contributed by atoms with E-state index in [-0.39, 0.29) is 17.9 Å². The van der Waals surface area contributed by atoms with E-state index in [1.807, 2.05) is 43.3 Å². The number of nitrogens with zero attached hydrogens (tertiary/aromatic N) is 2. The third-order valence-electron chi connectivity index (χ3n) is 6.50. The van der Waals surface area contributed by atoms with Gasteiger partial charge in [0.2, 0.25) is 0 Å². The molecule has 2 aliphatic heterocycles. The minimum atomic E-state index is -0.387. The van der Waals surface area contributed by atoms with E-state index in [2.05, 4.69) is 15.5 Å². The first-order valence-electron chi connectivity index (χ1n) is 12.4. The van der Waals surface area contributed by atoms with Crippen molar-refractivity contribution in [3.8, 4) is 5.75 Å². The average Bonchev–Trinajstić information content (AvgIpc) is 2.94. The Bertz CT molecular complexity index is 1510. The number of carbonyl (C=O) groups excluding carboxylic acids is 2. The Morgan fingerprint density at radius 1 is 1.00 bits per heavy atom. The maximum Gasteiger partial charge on any atom is 0.255 e. The number of methoxy groups -OCH3 is 1. The molecule has 3 aromatic rings. The van der Waals surface area contributed by atoms with Crippen LogP contribution < -0.4 is 15.4 Å². The minimum Gasteiger partial charge on any atom is -0.495 e. The Morgan fingerprint density at radius 2 is 1.82 bits per heavy atom. The third kappa shape index (κ3) is 5.78. The second kappa shape index (κ2) is 11.7. The van der Waals surface area contributed by atoms with Crippen LogP contribution in [0.2, 0.25) is 10.0 Å². The zero-order chi connectivity index (χ0) is 27.5. The number of benzene rings is 3. The number of anilines is 2. The number of hydrogen-bond acceptors (Lipinski definition) is 6. The standard InChI is InChI=1S/C29H26Cl2N4O3S/c1-17-25(28(37)34-23-9-3-4-10-24(23)38-2)26(35-13-6-14-39-29(35)32-17)18-7-5-8-20(15-18)33-27(36)19-11-12-21(30)22(31)16-19/h3-5,7-12,15-16,26H,6,13-14H2,1-2H3,(H,33,36)(H,34,37). The van der Waals surface area contributed by atoms with Crippen LogP contribution in [0, 0.1) is 0 Å². The molecule has 0 saturated carbocycles. The topological polar surface area (TPSA) is 83.0 Å². The lowest BCUT2D eigenvalue weighted by Gasteiger charge is -2.41. The Hall–Kier alpha value is -3.46. The average molecular weight is 582 g/mol. The summed E-state index contributed by atoms with van der Waals surface area (Å²) in [5.74, 6) is 0.968. The van der Waals surface area contributed by atoms with Gasteiger partial charge in [-0.1, -0.05) is 59.2 Å². The molecule has 39 heavy (non-hydrogen) atoms. The monoisotopic (exact) mass is 580 g/mol. The van der Waals surface area contributed by atoms with Gasteiger partial charge in [0, 0.05) is 23.5 Å². The first-order chi connectivity index (χ1) is 18.9. The number of amidine groups is 1. The molecular weight excluding hydrogens is 555 g/mol. The SMILES string of the molecule is COc1ccccc1NC(=O)C1=C(C)N=C2SCCCN2C1c1cccc(NC(=O)c2ccc(Cl)c(Cl)c2)c1. The van der Waals surface area contributed by atoms with Crippen molar-refractivity contribution in [2.24, 2.45) is 4.99 Å². The van der Waals surface area contributed by atoms with Crippen molar-refractivity contribution < 1.29 is 14.3 Å². The van der Waals surface area contributed by atoms with Crippen molar-refractivity contribution in [3.63, 3.8) is 0 Å². The van der Waals surface area contributed by atoms with Crippen LogP contribution in [0.3, 0.4) is 0 Å². The van der Waals surface area contributed by atoms with Gasteiger partial charge in [-0.2, -0.15) is 0 Å². The summed E-state index contributed by atoms with van der Waals surface area (Å²) in [5, 5.41) is 7.53. The van der Waals surface area contributed by atoms with Crippen molar-refractivity contribution >= 4 is 63.3 Å². The van der Waals surface area contributed by atoms with Gasteiger partial charge >= 0.3 is 0 Å². The number of fused-ring (bicyclic) bond motifs is 1. The number of hydrogen-bond donors (Lipinski definition) is 2. The molecule has 2 amide bonds. The highest BCUT2D eigenvalue weighted by atomic mass is 35.5.